The summed E-state index contributed by atoms with van der Waals surface area (Å²) in [5.41, 5.74) is 8.49. The third kappa shape index (κ3) is 3.59. The SMILES string of the molecule is CCC(=O)NC1(CN)CCC(c2cccc(C)c2)(N(C)C)CC1. The van der Waals surface area contributed by atoms with Crippen LogP contribution in [0, 0.1) is 6.92 Å². The zero-order valence-corrected chi connectivity index (χ0v) is 15.0. The van der Waals surface area contributed by atoms with Gasteiger partial charge in [0.25, 0.3) is 0 Å². The van der Waals surface area contributed by atoms with E-state index in [1.54, 1.807) is 0 Å². The maximum Gasteiger partial charge on any atom is 0.220 e. The van der Waals surface area contributed by atoms with Crippen LogP contribution in [0.1, 0.15) is 50.2 Å². The Morgan fingerprint density at radius 2 is 1.91 bits per heavy atom. The molecule has 23 heavy (non-hydrogen) atoms. The number of hydrogen-bond acceptors (Lipinski definition) is 3. The van der Waals surface area contributed by atoms with Crippen LogP contribution in [0.25, 0.3) is 0 Å². The number of carbonyl (C=O) groups is 1. The molecule has 0 spiro atoms. The van der Waals surface area contributed by atoms with E-state index in [0.717, 1.165) is 25.7 Å². The molecule has 128 valence electrons. The molecule has 2 rings (SSSR count). The predicted molar refractivity (Wildman–Crippen MR) is 95.2 cm³/mol. The second-order valence-electron chi connectivity index (χ2n) is 7.18. The molecule has 1 aliphatic carbocycles. The highest BCUT2D eigenvalue weighted by Gasteiger charge is 2.44. The summed E-state index contributed by atoms with van der Waals surface area (Å²) < 4.78 is 0. The molecule has 0 saturated heterocycles. The summed E-state index contributed by atoms with van der Waals surface area (Å²) in [5, 5.41) is 3.19. The van der Waals surface area contributed by atoms with Crippen LogP contribution in [0.3, 0.4) is 0 Å². The third-order valence-corrected chi connectivity index (χ3v) is 5.56. The Morgan fingerprint density at radius 1 is 1.26 bits per heavy atom. The fourth-order valence-electron chi connectivity index (χ4n) is 3.84. The average molecular weight is 317 g/mol. The standard InChI is InChI=1S/C19H31N3O/c1-5-17(23)21-18(14-20)9-11-19(12-10-18,22(3)4)16-8-6-7-15(2)13-16/h6-8,13H,5,9-12,14,20H2,1-4H3,(H,21,23). The summed E-state index contributed by atoms with van der Waals surface area (Å²) in [4.78, 5) is 14.2. The van der Waals surface area contributed by atoms with E-state index in [-0.39, 0.29) is 17.0 Å². The summed E-state index contributed by atoms with van der Waals surface area (Å²) >= 11 is 0. The van der Waals surface area contributed by atoms with Gasteiger partial charge in [-0.05, 0) is 52.3 Å². The van der Waals surface area contributed by atoms with Gasteiger partial charge in [0, 0.05) is 18.5 Å². The first-order valence-electron chi connectivity index (χ1n) is 8.63. The molecular weight excluding hydrogens is 286 g/mol. The van der Waals surface area contributed by atoms with Crippen LogP contribution in [0.4, 0.5) is 0 Å². The molecule has 1 aliphatic rings. The first kappa shape index (κ1) is 18.0. The van der Waals surface area contributed by atoms with E-state index in [0.29, 0.717) is 13.0 Å². The van der Waals surface area contributed by atoms with Gasteiger partial charge in [0.2, 0.25) is 5.91 Å². The maximum atomic E-state index is 11.9. The lowest BCUT2D eigenvalue weighted by Crippen LogP contribution is -2.59. The molecule has 1 aromatic rings. The Bertz CT molecular complexity index is 545. The van der Waals surface area contributed by atoms with Crippen molar-refractivity contribution in [3.05, 3.63) is 35.4 Å². The minimum absolute atomic E-state index is 0.0294. The largest absolute Gasteiger partial charge is 0.349 e. The van der Waals surface area contributed by atoms with E-state index in [9.17, 15) is 4.79 Å². The fourth-order valence-corrected chi connectivity index (χ4v) is 3.84. The normalized spacial score (nSPS) is 27.9. The van der Waals surface area contributed by atoms with E-state index in [2.05, 4.69) is 55.5 Å². The van der Waals surface area contributed by atoms with Crippen molar-refractivity contribution in [2.24, 2.45) is 5.73 Å². The zero-order chi connectivity index (χ0) is 17.1. The van der Waals surface area contributed by atoms with Crippen LogP contribution < -0.4 is 11.1 Å². The van der Waals surface area contributed by atoms with E-state index in [4.69, 9.17) is 5.73 Å². The van der Waals surface area contributed by atoms with Gasteiger partial charge in [-0.25, -0.2) is 0 Å². The van der Waals surface area contributed by atoms with Crippen molar-refractivity contribution in [3.8, 4) is 0 Å². The quantitative estimate of drug-likeness (QED) is 0.877. The van der Waals surface area contributed by atoms with Crippen molar-refractivity contribution < 1.29 is 4.79 Å². The number of nitrogens with zero attached hydrogens (tertiary/aromatic N) is 1. The Kier molecular flexibility index (Phi) is 5.48. The summed E-state index contributed by atoms with van der Waals surface area (Å²) in [5.74, 6) is 0.100. The lowest BCUT2D eigenvalue weighted by molar-refractivity contribution is -0.123. The van der Waals surface area contributed by atoms with Crippen molar-refractivity contribution in [2.75, 3.05) is 20.6 Å². The van der Waals surface area contributed by atoms with Crippen molar-refractivity contribution in [2.45, 2.75) is 57.0 Å². The zero-order valence-electron chi connectivity index (χ0n) is 15.0. The molecule has 0 aromatic heterocycles. The highest BCUT2D eigenvalue weighted by atomic mass is 16.1. The summed E-state index contributed by atoms with van der Waals surface area (Å²) in [7, 11) is 4.31. The molecule has 1 fully saturated rings. The molecule has 3 N–H and O–H groups in total. The van der Waals surface area contributed by atoms with Gasteiger partial charge >= 0.3 is 0 Å². The minimum Gasteiger partial charge on any atom is -0.349 e. The molecule has 1 saturated carbocycles. The summed E-state index contributed by atoms with van der Waals surface area (Å²) in [6.07, 6.45) is 4.36. The molecule has 0 atom stereocenters. The Morgan fingerprint density at radius 3 is 2.39 bits per heavy atom. The van der Waals surface area contributed by atoms with Crippen molar-refractivity contribution in [1.29, 1.82) is 0 Å². The number of rotatable bonds is 5. The number of nitrogens with one attached hydrogen (secondary N) is 1. The van der Waals surface area contributed by atoms with Gasteiger partial charge in [-0.2, -0.15) is 0 Å². The molecule has 1 amide bonds. The van der Waals surface area contributed by atoms with Gasteiger partial charge in [-0.3, -0.25) is 9.69 Å². The Balaban J connectivity index is 2.25. The van der Waals surface area contributed by atoms with Gasteiger partial charge in [0.15, 0.2) is 0 Å². The average Bonchev–Trinajstić information content (AvgIpc) is 2.55. The molecule has 4 heteroatoms. The third-order valence-electron chi connectivity index (χ3n) is 5.56. The summed E-state index contributed by atoms with van der Waals surface area (Å²) in [6, 6.07) is 8.80. The highest BCUT2D eigenvalue weighted by molar-refractivity contribution is 5.76. The molecule has 1 aromatic carbocycles. The molecule has 0 aliphatic heterocycles. The lowest BCUT2D eigenvalue weighted by Gasteiger charge is -2.50. The van der Waals surface area contributed by atoms with Crippen molar-refractivity contribution >= 4 is 5.91 Å². The van der Waals surface area contributed by atoms with Gasteiger partial charge in [-0.15, -0.1) is 0 Å². The van der Waals surface area contributed by atoms with E-state index in [1.807, 2.05) is 6.92 Å². The first-order valence-corrected chi connectivity index (χ1v) is 8.63. The molecule has 0 radical (unpaired) electrons. The van der Waals surface area contributed by atoms with Crippen LogP contribution in [0.5, 0.6) is 0 Å². The van der Waals surface area contributed by atoms with E-state index in [1.165, 1.54) is 11.1 Å². The van der Waals surface area contributed by atoms with Crippen LogP contribution >= 0.6 is 0 Å². The minimum atomic E-state index is -0.240. The number of amides is 1. The summed E-state index contributed by atoms with van der Waals surface area (Å²) in [6.45, 7) is 4.54. The molecule has 0 heterocycles. The van der Waals surface area contributed by atoms with Crippen LogP contribution in [-0.2, 0) is 10.3 Å². The number of carbonyl (C=O) groups excluding carboxylic acids is 1. The fraction of sp³-hybridized carbons (Fsp3) is 0.632. The van der Waals surface area contributed by atoms with Crippen LogP contribution in [-0.4, -0.2) is 37.0 Å². The highest BCUT2D eigenvalue weighted by Crippen LogP contribution is 2.44. The van der Waals surface area contributed by atoms with Crippen LogP contribution in [0.2, 0.25) is 0 Å². The maximum absolute atomic E-state index is 11.9. The number of aryl methyl sites for hydroxylation is 1. The van der Waals surface area contributed by atoms with Crippen molar-refractivity contribution in [3.63, 3.8) is 0 Å². The second-order valence-corrected chi connectivity index (χ2v) is 7.18. The number of benzene rings is 1. The lowest BCUT2D eigenvalue weighted by atomic mass is 9.68. The smallest absolute Gasteiger partial charge is 0.220 e. The topological polar surface area (TPSA) is 58.4 Å². The molecular formula is C19H31N3O. The Labute approximate surface area is 140 Å². The van der Waals surface area contributed by atoms with Gasteiger partial charge in [0.1, 0.15) is 0 Å². The van der Waals surface area contributed by atoms with E-state index >= 15 is 0 Å². The van der Waals surface area contributed by atoms with E-state index < -0.39 is 0 Å². The second kappa shape index (κ2) is 7.02. The number of hydrogen-bond donors (Lipinski definition) is 2. The number of nitrogens with two attached hydrogens (primary N) is 1. The predicted octanol–water partition coefficient (Wildman–Crippen LogP) is 2.55. The van der Waals surface area contributed by atoms with Gasteiger partial charge < -0.3 is 11.1 Å². The monoisotopic (exact) mass is 317 g/mol. The van der Waals surface area contributed by atoms with Gasteiger partial charge in [-0.1, -0.05) is 36.8 Å². The Hall–Kier alpha value is -1.39. The molecule has 4 nitrogen and oxygen atoms in total. The molecule has 0 bridgehead atoms. The van der Waals surface area contributed by atoms with Crippen molar-refractivity contribution in [1.82, 2.24) is 10.2 Å². The van der Waals surface area contributed by atoms with Gasteiger partial charge in [0.05, 0.1) is 5.54 Å². The van der Waals surface area contributed by atoms with Crippen LogP contribution in [0.15, 0.2) is 24.3 Å². The first-order chi connectivity index (χ1) is 10.9. The molecule has 0 unspecified atom stereocenters.